The van der Waals surface area contributed by atoms with Gasteiger partial charge in [0.1, 0.15) is 0 Å². The summed E-state index contributed by atoms with van der Waals surface area (Å²) < 4.78 is 11.6. The highest BCUT2D eigenvalue weighted by molar-refractivity contribution is 9.10. The monoisotopic (exact) mass is 367 g/mol. The number of methoxy groups -OCH3 is 2. The van der Waals surface area contributed by atoms with Crippen molar-refractivity contribution >= 4 is 21.9 Å². The van der Waals surface area contributed by atoms with E-state index in [-0.39, 0.29) is 0 Å². The molecule has 1 aliphatic rings. The van der Waals surface area contributed by atoms with E-state index >= 15 is 0 Å². The Balaban J connectivity index is 1.99. The van der Waals surface area contributed by atoms with Crippen LogP contribution in [0, 0.1) is 0 Å². The minimum atomic E-state index is 0.434. The number of benzene rings is 1. The van der Waals surface area contributed by atoms with E-state index in [9.17, 15) is 0 Å². The van der Waals surface area contributed by atoms with Crippen LogP contribution in [0.1, 0.15) is 18.4 Å². The van der Waals surface area contributed by atoms with Crippen molar-refractivity contribution in [1.82, 2.24) is 10.6 Å². The Labute approximate surface area is 139 Å². The standard InChI is InChI=1S/C16H22BrN3O2/c1-18-16(20-12-6-4-5-7-12)19-10-11-8-13(17)15(22-3)14(9-11)21-2/h4-5,8-9,12H,6-7,10H2,1-3H3,(H2,18,19,20). The minimum absolute atomic E-state index is 0.434. The average molecular weight is 368 g/mol. The smallest absolute Gasteiger partial charge is 0.191 e. The summed E-state index contributed by atoms with van der Waals surface area (Å²) in [4.78, 5) is 4.26. The number of hydrogen-bond donors (Lipinski definition) is 2. The molecular weight excluding hydrogens is 346 g/mol. The summed E-state index contributed by atoms with van der Waals surface area (Å²) in [5.41, 5.74) is 1.08. The van der Waals surface area contributed by atoms with Crippen molar-refractivity contribution in [3.63, 3.8) is 0 Å². The van der Waals surface area contributed by atoms with Gasteiger partial charge in [0.15, 0.2) is 17.5 Å². The Bertz CT molecular complexity index is 565. The van der Waals surface area contributed by atoms with Crippen molar-refractivity contribution in [3.8, 4) is 11.5 Å². The van der Waals surface area contributed by atoms with Crippen LogP contribution in [0.3, 0.4) is 0 Å². The fourth-order valence-electron chi connectivity index (χ4n) is 2.38. The molecule has 0 unspecified atom stereocenters. The summed E-state index contributed by atoms with van der Waals surface area (Å²) in [6, 6.07) is 4.41. The zero-order valence-electron chi connectivity index (χ0n) is 13.1. The highest BCUT2D eigenvalue weighted by Gasteiger charge is 2.13. The first-order valence-corrected chi connectivity index (χ1v) is 7.99. The molecule has 0 amide bonds. The van der Waals surface area contributed by atoms with Crippen LogP contribution in [0.2, 0.25) is 0 Å². The van der Waals surface area contributed by atoms with E-state index in [0.717, 1.165) is 28.8 Å². The zero-order chi connectivity index (χ0) is 15.9. The van der Waals surface area contributed by atoms with Gasteiger partial charge < -0.3 is 20.1 Å². The van der Waals surface area contributed by atoms with Crippen LogP contribution in [0.25, 0.3) is 0 Å². The lowest BCUT2D eigenvalue weighted by Gasteiger charge is -2.17. The van der Waals surface area contributed by atoms with Crippen molar-refractivity contribution in [1.29, 1.82) is 0 Å². The number of guanidine groups is 1. The molecule has 1 aromatic rings. The van der Waals surface area contributed by atoms with Gasteiger partial charge in [0.25, 0.3) is 0 Å². The summed E-state index contributed by atoms with van der Waals surface area (Å²) in [5, 5.41) is 6.73. The van der Waals surface area contributed by atoms with Gasteiger partial charge in [0.2, 0.25) is 0 Å². The second kappa shape index (κ2) is 8.08. The minimum Gasteiger partial charge on any atom is -0.493 e. The van der Waals surface area contributed by atoms with E-state index in [1.807, 2.05) is 12.1 Å². The molecule has 2 rings (SSSR count). The van der Waals surface area contributed by atoms with Gasteiger partial charge in [-0.3, -0.25) is 4.99 Å². The molecule has 0 saturated carbocycles. The van der Waals surface area contributed by atoms with Gasteiger partial charge in [0.05, 0.1) is 18.7 Å². The molecule has 0 fully saturated rings. The van der Waals surface area contributed by atoms with Crippen molar-refractivity contribution in [2.75, 3.05) is 21.3 Å². The fraction of sp³-hybridized carbons (Fsp3) is 0.438. The lowest BCUT2D eigenvalue weighted by atomic mass is 10.2. The van der Waals surface area contributed by atoms with E-state index in [0.29, 0.717) is 24.1 Å². The highest BCUT2D eigenvalue weighted by atomic mass is 79.9. The summed E-state index contributed by atoms with van der Waals surface area (Å²) >= 11 is 3.51. The molecule has 5 nitrogen and oxygen atoms in total. The number of nitrogens with one attached hydrogen (secondary N) is 2. The third-order valence-corrected chi connectivity index (χ3v) is 4.11. The first kappa shape index (κ1) is 16.7. The average Bonchev–Trinajstić information content (AvgIpc) is 3.03. The first-order chi connectivity index (χ1) is 10.7. The van der Waals surface area contributed by atoms with Gasteiger partial charge in [-0.2, -0.15) is 0 Å². The normalized spacial score (nSPS) is 15.0. The highest BCUT2D eigenvalue weighted by Crippen LogP contribution is 2.36. The fourth-order valence-corrected chi connectivity index (χ4v) is 3.03. The molecule has 0 radical (unpaired) electrons. The lowest BCUT2D eigenvalue weighted by Crippen LogP contribution is -2.42. The summed E-state index contributed by atoms with van der Waals surface area (Å²) in [7, 11) is 5.04. The maximum Gasteiger partial charge on any atom is 0.191 e. The lowest BCUT2D eigenvalue weighted by molar-refractivity contribution is 0.352. The van der Waals surface area contributed by atoms with Gasteiger partial charge in [-0.1, -0.05) is 12.2 Å². The molecule has 1 aliphatic carbocycles. The number of halogens is 1. The van der Waals surface area contributed by atoms with E-state index in [1.165, 1.54) is 0 Å². The largest absolute Gasteiger partial charge is 0.493 e. The van der Waals surface area contributed by atoms with Crippen molar-refractivity contribution < 1.29 is 9.47 Å². The van der Waals surface area contributed by atoms with Crippen LogP contribution in [0.5, 0.6) is 11.5 Å². The van der Waals surface area contributed by atoms with Gasteiger partial charge >= 0.3 is 0 Å². The molecule has 0 bridgehead atoms. The Morgan fingerprint density at radius 2 is 2.00 bits per heavy atom. The summed E-state index contributed by atoms with van der Waals surface area (Å²) in [6.45, 7) is 0.652. The quantitative estimate of drug-likeness (QED) is 0.477. The summed E-state index contributed by atoms with van der Waals surface area (Å²) in [5.74, 6) is 2.21. The molecule has 22 heavy (non-hydrogen) atoms. The predicted molar refractivity (Wildman–Crippen MR) is 92.7 cm³/mol. The number of hydrogen-bond acceptors (Lipinski definition) is 3. The van der Waals surface area contributed by atoms with Crippen molar-refractivity contribution in [2.45, 2.75) is 25.4 Å². The maximum absolute atomic E-state index is 5.36. The first-order valence-electron chi connectivity index (χ1n) is 7.20. The van der Waals surface area contributed by atoms with E-state index < -0.39 is 0 Å². The number of rotatable bonds is 5. The third kappa shape index (κ3) is 4.16. The van der Waals surface area contributed by atoms with Crippen LogP contribution in [-0.2, 0) is 6.54 Å². The van der Waals surface area contributed by atoms with Gasteiger partial charge in [-0.05, 0) is 46.5 Å². The second-order valence-electron chi connectivity index (χ2n) is 5.02. The number of nitrogens with zero attached hydrogens (tertiary/aromatic N) is 1. The Hall–Kier alpha value is -1.69. The van der Waals surface area contributed by atoms with Crippen LogP contribution < -0.4 is 20.1 Å². The SMILES string of the molecule is CN=C(NCc1cc(Br)c(OC)c(OC)c1)NC1CC=CC1. The van der Waals surface area contributed by atoms with E-state index in [2.05, 4.69) is 43.7 Å². The molecule has 0 spiro atoms. The third-order valence-electron chi connectivity index (χ3n) is 3.53. The Morgan fingerprint density at radius 3 is 2.59 bits per heavy atom. The van der Waals surface area contributed by atoms with E-state index in [4.69, 9.17) is 9.47 Å². The molecule has 0 atom stereocenters. The second-order valence-corrected chi connectivity index (χ2v) is 5.88. The topological polar surface area (TPSA) is 54.9 Å². The number of aliphatic imine (C=N–C) groups is 1. The molecular formula is C16H22BrN3O2. The molecule has 0 aromatic heterocycles. The van der Waals surface area contributed by atoms with Crippen LogP contribution >= 0.6 is 15.9 Å². The maximum atomic E-state index is 5.36. The van der Waals surface area contributed by atoms with Crippen molar-refractivity contribution in [3.05, 3.63) is 34.3 Å². The molecule has 2 N–H and O–H groups in total. The Morgan fingerprint density at radius 1 is 1.27 bits per heavy atom. The van der Waals surface area contributed by atoms with Crippen LogP contribution in [0.4, 0.5) is 0 Å². The van der Waals surface area contributed by atoms with Crippen LogP contribution in [-0.4, -0.2) is 33.3 Å². The summed E-state index contributed by atoms with van der Waals surface area (Å²) in [6.07, 6.45) is 6.47. The van der Waals surface area contributed by atoms with Crippen LogP contribution in [0.15, 0.2) is 33.7 Å². The number of ether oxygens (including phenoxy) is 2. The molecule has 0 heterocycles. The molecule has 1 aromatic carbocycles. The van der Waals surface area contributed by atoms with Gasteiger partial charge in [-0.15, -0.1) is 0 Å². The van der Waals surface area contributed by atoms with Gasteiger partial charge in [-0.25, -0.2) is 0 Å². The molecule has 0 aliphatic heterocycles. The zero-order valence-corrected chi connectivity index (χ0v) is 14.7. The molecule has 0 saturated heterocycles. The van der Waals surface area contributed by atoms with E-state index in [1.54, 1.807) is 21.3 Å². The predicted octanol–water partition coefficient (Wildman–Crippen LogP) is 2.85. The molecule has 120 valence electrons. The Kier molecular flexibility index (Phi) is 6.12. The van der Waals surface area contributed by atoms with Gasteiger partial charge in [0, 0.05) is 19.6 Å². The molecule has 6 heteroatoms. The van der Waals surface area contributed by atoms with Crippen molar-refractivity contribution in [2.24, 2.45) is 4.99 Å².